The Morgan fingerprint density at radius 2 is 2.00 bits per heavy atom. The number of aryl methyl sites for hydroxylation is 1. The molecular formula is C17H13FN4OS2. The van der Waals surface area contributed by atoms with Crippen LogP contribution in [0.5, 0.6) is 0 Å². The van der Waals surface area contributed by atoms with E-state index in [2.05, 4.69) is 20.1 Å². The topological polar surface area (TPSA) is 64.7 Å². The molecule has 3 heterocycles. The van der Waals surface area contributed by atoms with E-state index < -0.39 is 0 Å². The van der Waals surface area contributed by atoms with Crippen LogP contribution < -0.4 is 0 Å². The van der Waals surface area contributed by atoms with E-state index in [1.165, 1.54) is 12.1 Å². The fourth-order valence-electron chi connectivity index (χ4n) is 2.37. The zero-order valence-electron chi connectivity index (χ0n) is 13.4. The molecule has 0 bridgehead atoms. The van der Waals surface area contributed by atoms with Crippen LogP contribution >= 0.6 is 23.1 Å². The molecule has 4 rings (SSSR count). The summed E-state index contributed by atoms with van der Waals surface area (Å²) in [6.45, 7) is 3.79. The largest absolute Gasteiger partial charge is 0.338 e. The first kappa shape index (κ1) is 16.2. The third kappa shape index (κ3) is 3.27. The highest BCUT2D eigenvalue weighted by atomic mass is 32.2. The van der Waals surface area contributed by atoms with Gasteiger partial charge in [-0.25, -0.2) is 14.4 Å². The van der Waals surface area contributed by atoms with Crippen molar-refractivity contribution in [1.82, 2.24) is 20.1 Å². The zero-order chi connectivity index (χ0) is 17.4. The van der Waals surface area contributed by atoms with Crippen LogP contribution in [-0.2, 0) is 0 Å². The Labute approximate surface area is 151 Å². The average molecular weight is 372 g/mol. The van der Waals surface area contributed by atoms with Crippen LogP contribution in [0.15, 0.2) is 46.2 Å². The van der Waals surface area contributed by atoms with Gasteiger partial charge >= 0.3 is 0 Å². The van der Waals surface area contributed by atoms with E-state index in [0.29, 0.717) is 11.7 Å². The Morgan fingerprint density at radius 3 is 2.72 bits per heavy atom. The van der Waals surface area contributed by atoms with Crippen LogP contribution in [0.4, 0.5) is 4.39 Å². The number of fused-ring (bicyclic) bond motifs is 1. The lowest BCUT2D eigenvalue weighted by molar-refractivity contribution is 0.376. The van der Waals surface area contributed by atoms with Gasteiger partial charge in [0.25, 0.3) is 0 Å². The molecule has 25 heavy (non-hydrogen) atoms. The van der Waals surface area contributed by atoms with Gasteiger partial charge in [0.15, 0.2) is 5.82 Å². The molecule has 0 spiro atoms. The van der Waals surface area contributed by atoms with Crippen LogP contribution in [0.2, 0.25) is 0 Å². The smallest absolute Gasteiger partial charge is 0.239 e. The van der Waals surface area contributed by atoms with Crippen molar-refractivity contribution in [3.8, 4) is 10.4 Å². The molecule has 1 unspecified atom stereocenters. The Hall–Kier alpha value is -2.32. The van der Waals surface area contributed by atoms with Gasteiger partial charge in [-0.15, -0.1) is 11.3 Å². The standard InChI is InChI=1S/C17H13FN4OS2/c1-9(16-21-10(2)22-23-16)24-17-15-13(19-8-20-17)7-14(25-15)11-3-5-12(18)6-4-11/h3-9H,1-2H3. The third-order valence-electron chi connectivity index (χ3n) is 3.59. The fourth-order valence-corrected chi connectivity index (χ4v) is 4.49. The summed E-state index contributed by atoms with van der Waals surface area (Å²) in [6.07, 6.45) is 1.55. The molecular weight excluding hydrogens is 359 g/mol. The van der Waals surface area contributed by atoms with E-state index in [1.54, 1.807) is 48.5 Å². The molecule has 0 aliphatic carbocycles. The van der Waals surface area contributed by atoms with E-state index in [-0.39, 0.29) is 11.1 Å². The summed E-state index contributed by atoms with van der Waals surface area (Å²) in [7, 11) is 0. The first-order chi connectivity index (χ1) is 12.1. The van der Waals surface area contributed by atoms with Crippen molar-refractivity contribution in [2.75, 3.05) is 0 Å². The minimum Gasteiger partial charge on any atom is -0.338 e. The van der Waals surface area contributed by atoms with Gasteiger partial charge in [-0.05, 0) is 37.6 Å². The highest BCUT2D eigenvalue weighted by Crippen LogP contribution is 2.41. The second kappa shape index (κ2) is 6.53. The van der Waals surface area contributed by atoms with E-state index >= 15 is 0 Å². The normalized spacial score (nSPS) is 12.6. The summed E-state index contributed by atoms with van der Waals surface area (Å²) in [6, 6.07) is 8.46. The van der Waals surface area contributed by atoms with Gasteiger partial charge in [0, 0.05) is 4.88 Å². The lowest BCUT2D eigenvalue weighted by atomic mass is 10.2. The minimum absolute atomic E-state index is 0.0179. The summed E-state index contributed by atoms with van der Waals surface area (Å²) < 4.78 is 19.4. The third-order valence-corrected chi connectivity index (χ3v) is 5.98. The first-order valence-corrected chi connectivity index (χ1v) is 9.27. The number of nitrogens with zero attached hydrogens (tertiary/aromatic N) is 4. The first-order valence-electron chi connectivity index (χ1n) is 7.57. The number of hydrogen-bond acceptors (Lipinski definition) is 7. The molecule has 0 radical (unpaired) electrons. The molecule has 1 atom stereocenters. The van der Waals surface area contributed by atoms with Gasteiger partial charge in [-0.1, -0.05) is 29.1 Å². The molecule has 1 aromatic carbocycles. The lowest BCUT2D eigenvalue weighted by Gasteiger charge is -2.05. The van der Waals surface area contributed by atoms with Crippen LogP contribution in [0.3, 0.4) is 0 Å². The minimum atomic E-state index is -0.246. The number of thiophene rings is 1. The lowest BCUT2D eigenvalue weighted by Crippen LogP contribution is -1.91. The Balaban J connectivity index is 1.69. The maximum Gasteiger partial charge on any atom is 0.239 e. The van der Waals surface area contributed by atoms with Crippen LogP contribution in [0, 0.1) is 12.7 Å². The molecule has 4 aromatic rings. The van der Waals surface area contributed by atoms with Crippen molar-refractivity contribution < 1.29 is 8.91 Å². The molecule has 0 saturated carbocycles. The van der Waals surface area contributed by atoms with Crippen molar-refractivity contribution in [1.29, 1.82) is 0 Å². The maximum absolute atomic E-state index is 13.1. The summed E-state index contributed by atoms with van der Waals surface area (Å²) in [4.78, 5) is 14.1. The van der Waals surface area contributed by atoms with Gasteiger partial charge in [-0.2, -0.15) is 4.98 Å². The van der Waals surface area contributed by atoms with Crippen molar-refractivity contribution in [3.05, 3.63) is 54.2 Å². The quantitative estimate of drug-likeness (QED) is 0.369. The molecule has 3 aromatic heterocycles. The Bertz CT molecular complexity index is 1030. The molecule has 8 heteroatoms. The van der Waals surface area contributed by atoms with E-state index in [1.807, 2.05) is 13.0 Å². The van der Waals surface area contributed by atoms with Gasteiger partial charge in [-0.3, -0.25) is 0 Å². The fraction of sp³-hybridized carbons (Fsp3) is 0.176. The molecule has 0 aliphatic heterocycles. The predicted octanol–water partition coefficient (Wildman–Crippen LogP) is 5.04. The van der Waals surface area contributed by atoms with Crippen molar-refractivity contribution >= 4 is 33.3 Å². The zero-order valence-corrected chi connectivity index (χ0v) is 15.1. The van der Waals surface area contributed by atoms with Crippen molar-refractivity contribution in [2.45, 2.75) is 24.1 Å². The van der Waals surface area contributed by atoms with Crippen LogP contribution in [-0.4, -0.2) is 20.1 Å². The van der Waals surface area contributed by atoms with Gasteiger partial charge < -0.3 is 4.52 Å². The number of halogens is 1. The van der Waals surface area contributed by atoms with Gasteiger partial charge in [0.1, 0.15) is 17.2 Å². The molecule has 0 fully saturated rings. The van der Waals surface area contributed by atoms with E-state index in [9.17, 15) is 4.39 Å². The molecule has 0 amide bonds. The van der Waals surface area contributed by atoms with Gasteiger partial charge in [0.05, 0.1) is 15.5 Å². The molecule has 126 valence electrons. The SMILES string of the molecule is Cc1noc(C(C)Sc2ncnc3cc(-c4ccc(F)cc4)sc23)n1. The molecule has 0 saturated heterocycles. The number of aromatic nitrogens is 4. The summed E-state index contributed by atoms with van der Waals surface area (Å²) in [5, 5.41) is 4.68. The Morgan fingerprint density at radius 1 is 1.20 bits per heavy atom. The summed E-state index contributed by atoms with van der Waals surface area (Å²) in [5.74, 6) is 0.944. The predicted molar refractivity (Wildman–Crippen MR) is 96.1 cm³/mol. The second-order valence-corrected chi connectivity index (χ2v) is 7.83. The van der Waals surface area contributed by atoms with Crippen molar-refractivity contribution in [3.63, 3.8) is 0 Å². The molecule has 0 N–H and O–H groups in total. The van der Waals surface area contributed by atoms with Gasteiger partial charge in [0.2, 0.25) is 5.89 Å². The number of thioether (sulfide) groups is 1. The highest BCUT2D eigenvalue weighted by molar-refractivity contribution is 7.99. The van der Waals surface area contributed by atoms with E-state index in [4.69, 9.17) is 4.52 Å². The van der Waals surface area contributed by atoms with Crippen LogP contribution in [0.1, 0.15) is 23.9 Å². The average Bonchev–Trinajstić information content (AvgIpc) is 3.22. The maximum atomic E-state index is 13.1. The monoisotopic (exact) mass is 372 g/mol. The molecule has 0 aliphatic rings. The summed E-state index contributed by atoms with van der Waals surface area (Å²) in [5.41, 5.74) is 1.83. The van der Waals surface area contributed by atoms with Crippen molar-refractivity contribution in [2.24, 2.45) is 0 Å². The Kier molecular flexibility index (Phi) is 4.22. The number of hydrogen-bond donors (Lipinski definition) is 0. The van der Waals surface area contributed by atoms with E-state index in [0.717, 1.165) is 25.7 Å². The number of benzene rings is 1. The number of rotatable bonds is 4. The molecule has 5 nitrogen and oxygen atoms in total. The highest BCUT2D eigenvalue weighted by Gasteiger charge is 2.18. The summed E-state index contributed by atoms with van der Waals surface area (Å²) >= 11 is 3.14. The van der Waals surface area contributed by atoms with Crippen LogP contribution in [0.25, 0.3) is 20.7 Å². The second-order valence-electron chi connectivity index (χ2n) is 5.45.